The standard InChI is InChI=1S/C21H21N3O4/c25-20-16-8-4-5-9-17(16)21(26)23(20)15-10-11-18(19(12-15)24(27)28)22-13-14-6-2-1-3-7-14/h1-3,6-7,10-12,16-17,22H,4-5,8-9,13H2. The van der Waals surface area contributed by atoms with Crippen LogP contribution in [0.25, 0.3) is 0 Å². The van der Waals surface area contributed by atoms with Crippen LogP contribution in [0.4, 0.5) is 17.1 Å². The molecule has 1 aliphatic heterocycles. The molecule has 0 aromatic heterocycles. The van der Waals surface area contributed by atoms with Crippen LogP contribution in [-0.2, 0) is 16.1 Å². The summed E-state index contributed by atoms with van der Waals surface area (Å²) in [7, 11) is 0. The second-order valence-electron chi connectivity index (χ2n) is 7.31. The summed E-state index contributed by atoms with van der Waals surface area (Å²) in [4.78, 5) is 37.7. The van der Waals surface area contributed by atoms with Gasteiger partial charge in [0.05, 0.1) is 22.4 Å². The molecule has 7 nitrogen and oxygen atoms in total. The quantitative estimate of drug-likeness (QED) is 0.483. The van der Waals surface area contributed by atoms with Gasteiger partial charge in [-0.3, -0.25) is 19.7 Å². The van der Waals surface area contributed by atoms with Gasteiger partial charge in [0.2, 0.25) is 11.8 Å². The lowest BCUT2D eigenvalue weighted by Crippen LogP contribution is -2.30. The Bertz CT molecular complexity index is 905. The van der Waals surface area contributed by atoms with Gasteiger partial charge in [0.25, 0.3) is 5.69 Å². The van der Waals surface area contributed by atoms with Gasteiger partial charge in [-0.05, 0) is 30.5 Å². The molecule has 1 saturated carbocycles. The molecular formula is C21H21N3O4. The highest BCUT2D eigenvalue weighted by atomic mass is 16.6. The lowest BCUT2D eigenvalue weighted by molar-refractivity contribution is -0.383. The summed E-state index contributed by atoms with van der Waals surface area (Å²) >= 11 is 0. The normalized spacial score (nSPS) is 21.5. The van der Waals surface area contributed by atoms with E-state index in [0.717, 1.165) is 23.3 Å². The third kappa shape index (κ3) is 3.24. The van der Waals surface area contributed by atoms with Gasteiger partial charge in [-0.1, -0.05) is 43.2 Å². The fraction of sp³-hybridized carbons (Fsp3) is 0.333. The first-order valence-electron chi connectivity index (χ1n) is 9.50. The van der Waals surface area contributed by atoms with Crippen LogP contribution in [0.15, 0.2) is 48.5 Å². The lowest BCUT2D eigenvalue weighted by atomic mass is 9.81. The van der Waals surface area contributed by atoms with Crippen LogP contribution in [0.5, 0.6) is 0 Å². The second kappa shape index (κ2) is 7.42. The molecule has 144 valence electrons. The van der Waals surface area contributed by atoms with E-state index in [9.17, 15) is 19.7 Å². The van der Waals surface area contributed by atoms with Gasteiger partial charge in [-0.2, -0.15) is 0 Å². The molecular weight excluding hydrogens is 358 g/mol. The molecule has 28 heavy (non-hydrogen) atoms. The molecule has 2 unspecified atom stereocenters. The van der Waals surface area contributed by atoms with E-state index in [2.05, 4.69) is 5.32 Å². The number of nitrogens with zero attached hydrogens (tertiary/aromatic N) is 2. The van der Waals surface area contributed by atoms with Gasteiger partial charge < -0.3 is 5.32 Å². The monoisotopic (exact) mass is 379 g/mol. The van der Waals surface area contributed by atoms with E-state index in [1.54, 1.807) is 12.1 Å². The van der Waals surface area contributed by atoms with Crippen molar-refractivity contribution in [3.05, 3.63) is 64.2 Å². The lowest BCUT2D eigenvalue weighted by Gasteiger charge is -2.19. The number of anilines is 2. The minimum absolute atomic E-state index is 0.149. The van der Waals surface area contributed by atoms with E-state index in [0.29, 0.717) is 25.1 Å². The molecule has 1 heterocycles. The number of fused-ring (bicyclic) bond motifs is 1. The second-order valence-corrected chi connectivity index (χ2v) is 7.31. The van der Waals surface area contributed by atoms with Crippen molar-refractivity contribution < 1.29 is 14.5 Å². The molecule has 4 rings (SSSR count). The summed E-state index contributed by atoms with van der Waals surface area (Å²) < 4.78 is 0. The topological polar surface area (TPSA) is 92.6 Å². The molecule has 2 aromatic rings. The van der Waals surface area contributed by atoms with Gasteiger partial charge >= 0.3 is 0 Å². The predicted octanol–water partition coefficient (Wildman–Crippen LogP) is 3.89. The van der Waals surface area contributed by atoms with Crippen LogP contribution in [0, 0.1) is 22.0 Å². The minimum Gasteiger partial charge on any atom is -0.375 e. The summed E-state index contributed by atoms with van der Waals surface area (Å²) in [5, 5.41) is 14.7. The van der Waals surface area contributed by atoms with E-state index in [1.807, 2.05) is 30.3 Å². The van der Waals surface area contributed by atoms with E-state index in [4.69, 9.17) is 0 Å². The fourth-order valence-corrected chi connectivity index (χ4v) is 4.17. The Balaban J connectivity index is 1.60. The first-order valence-corrected chi connectivity index (χ1v) is 9.50. The van der Waals surface area contributed by atoms with Crippen LogP contribution in [0.2, 0.25) is 0 Å². The summed E-state index contributed by atoms with van der Waals surface area (Å²) in [6, 6.07) is 14.1. The van der Waals surface area contributed by atoms with Gasteiger partial charge in [-0.25, -0.2) is 4.90 Å². The van der Waals surface area contributed by atoms with E-state index >= 15 is 0 Å². The number of hydrogen-bond acceptors (Lipinski definition) is 5. The molecule has 1 aliphatic carbocycles. The highest BCUT2D eigenvalue weighted by Crippen LogP contribution is 2.41. The molecule has 0 bridgehead atoms. The zero-order valence-electron chi connectivity index (χ0n) is 15.3. The van der Waals surface area contributed by atoms with Crippen molar-refractivity contribution in [2.75, 3.05) is 10.2 Å². The number of imide groups is 1. The molecule has 2 atom stereocenters. The number of nitro benzene ring substituents is 1. The van der Waals surface area contributed by atoms with Crippen molar-refractivity contribution in [1.29, 1.82) is 0 Å². The number of nitrogens with one attached hydrogen (secondary N) is 1. The van der Waals surface area contributed by atoms with Crippen LogP contribution < -0.4 is 10.2 Å². The van der Waals surface area contributed by atoms with E-state index in [1.165, 1.54) is 6.07 Å². The van der Waals surface area contributed by atoms with Crippen molar-refractivity contribution in [3.8, 4) is 0 Å². The summed E-state index contributed by atoms with van der Waals surface area (Å²) in [5.41, 5.74) is 1.48. The summed E-state index contributed by atoms with van der Waals surface area (Å²) in [5.74, 6) is -1.02. The van der Waals surface area contributed by atoms with Crippen LogP contribution in [0.1, 0.15) is 31.2 Å². The largest absolute Gasteiger partial charge is 0.375 e. The Kier molecular flexibility index (Phi) is 4.81. The van der Waals surface area contributed by atoms with Crippen molar-refractivity contribution in [2.24, 2.45) is 11.8 Å². The van der Waals surface area contributed by atoms with Gasteiger partial charge in [0.15, 0.2) is 0 Å². The third-order valence-electron chi connectivity index (χ3n) is 5.60. The average Bonchev–Trinajstić information content (AvgIpc) is 2.98. The van der Waals surface area contributed by atoms with Gasteiger partial charge in [0.1, 0.15) is 5.69 Å². The number of benzene rings is 2. The van der Waals surface area contributed by atoms with E-state index in [-0.39, 0.29) is 35.0 Å². The number of carbonyl (C=O) groups is 2. The Hall–Kier alpha value is -3.22. The van der Waals surface area contributed by atoms with Gasteiger partial charge in [0, 0.05) is 12.6 Å². The molecule has 2 aliphatic rings. The molecule has 2 fully saturated rings. The summed E-state index contributed by atoms with van der Waals surface area (Å²) in [6.07, 6.45) is 3.31. The zero-order chi connectivity index (χ0) is 19.7. The number of carbonyl (C=O) groups excluding carboxylic acids is 2. The van der Waals surface area contributed by atoms with Crippen molar-refractivity contribution >= 4 is 28.9 Å². The predicted molar refractivity (Wildman–Crippen MR) is 105 cm³/mol. The maximum absolute atomic E-state index is 12.7. The Morgan fingerprint density at radius 1 is 1.00 bits per heavy atom. The molecule has 0 spiro atoms. The molecule has 2 amide bonds. The van der Waals surface area contributed by atoms with Crippen molar-refractivity contribution in [3.63, 3.8) is 0 Å². The van der Waals surface area contributed by atoms with Crippen molar-refractivity contribution in [1.82, 2.24) is 0 Å². The Morgan fingerprint density at radius 3 is 2.25 bits per heavy atom. The van der Waals surface area contributed by atoms with E-state index < -0.39 is 4.92 Å². The number of hydrogen-bond donors (Lipinski definition) is 1. The molecule has 7 heteroatoms. The number of nitro groups is 1. The van der Waals surface area contributed by atoms with Crippen LogP contribution in [0.3, 0.4) is 0 Å². The minimum atomic E-state index is -0.491. The third-order valence-corrected chi connectivity index (χ3v) is 5.60. The Labute approximate surface area is 162 Å². The SMILES string of the molecule is O=C1C2CCCCC2C(=O)N1c1ccc(NCc2ccccc2)c([N+](=O)[O-])c1. The highest BCUT2D eigenvalue weighted by molar-refractivity contribution is 6.22. The first-order chi connectivity index (χ1) is 13.6. The maximum atomic E-state index is 12.7. The van der Waals surface area contributed by atoms with Crippen LogP contribution in [-0.4, -0.2) is 16.7 Å². The van der Waals surface area contributed by atoms with Crippen molar-refractivity contribution in [2.45, 2.75) is 32.2 Å². The number of rotatable bonds is 5. The molecule has 0 radical (unpaired) electrons. The molecule has 1 N–H and O–H groups in total. The maximum Gasteiger partial charge on any atom is 0.294 e. The first kappa shape index (κ1) is 18.2. The smallest absolute Gasteiger partial charge is 0.294 e. The average molecular weight is 379 g/mol. The summed E-state index contributed by atoms with van der Waals surface area (Å²) in [6.45, 7) is 0.437. The molecule has 2 aromatic carbocycles. The number of amides is 2. The zero-order valence-corrected chi connectivity index (χ0v) is 15.3. The van der Waals surface area contributed by atoms with Gasteiger partial charge in [-0.15, -0.1) is 0 Å². The fourth-order valence-electron chi connectivity index (χ4n) is 4.17. The molecule has 1 saturated heterocycles. The Morgan fingerprint density at radius 2 is 1.64 bits per heavy atom. The van der Waals surface area contributed by atoms with Crippen LogP contribution >= 0.6 is 0 Å². The highest BCUT2D eigenvalue weighted by Gasteiger charge is 2.49.